The van der Waals surface area contributed by atoms with Crippen LogP contribution in [0.25, 0.3) is 33.3 Å². The van der Waals surface area contributed by atoms with E-state index < -0.39 is 82.7 Å². The maximum Gasteiger partial charge on any atom is 0.312 e. The monoisotopic (exact) mass is 1010 g/mol. The molecule has 0 aromatic heterocycles. The van der Waals surface area contributed by atoms with Crippen molar-refractivity contribution in [2.45, 2.75) is 102 Å². The molecular weight excluding hydrogens is 953 g/mol. The number of benzene rings is 3. The molecule has 7 rings (SSSR count). The van der Waals surface area contributed by atoms with Crippen molar-refractivity contribution >= 4 is 73.5 Å². The van der Waals surface area contributed by atoms with Crippen molar-refractivity contribution in [3.63, 3.8) is 0 Å². The van der Waals surface area contributed by atoms with Crippen LogP contribution in [0.15, 0.2) is 57.5 Å². The summed E-state index contributed by atoms with van der Waals surface area (Å²) in [4.78, 5) is 62.9. The molecule has 1 aliphatic carbocycles. The third kappa shape index (κ3) is 8.79. The predicted octanol–water partition coefficient (Wildman–Crippen LogP) is 7.06. The number of piperidine rings is 1. The molecule has 4 heterocycles. The molecule has 2 aromatic carbocycles. The number of methoxy groups -OCH3 is 1. The highest BCUT2D eigenvalue weighted by atomic mass is 127. The molecule has 0 saturated carbocycles. The lowest BCUT2D eigenvalue weighted by Gasteiger charge is -2.38. The molecule has 4 aliphatic heterocycles. The SMILES string of the molecule is CO[C@H]1/C=C/O[C@@]2(C)Oc3c(C)c(O)c4c(=O)c(c5oc6cc(N7CCC(I)CC7)cc(O)c6nc-5c4c3C2=O)NC(=O)/C(C)=C\C=C\[C@H](C)[C@H](O)[C@@H](C)[C@@H](O)[C@@H](C)[C@H](OC(C)=O)[C@@H]1C. The largest absolute Gasteiger partial charge is 0.507 e. The quantitative estimate of drug-likeness (QED) is 0.0455. The molecular formula is C48H56IN3O13. The molecule has 1 fully saturated rings. The Hall–Kier alpha value is -5.24. The Morgan fingerprint density at radius 1 is 0.985 bits per heavy atom. The molecule has 1 amide bonds. The number of alkyl halides is 1. The van der Waals surface area contributed by atoms with Gasteiger partial charge < -0.3 is 54.0 Å². The van der Waals surface area contributed by atoms with Crippen molar-refractivity contribution in [1.29, 1.82) is 0 Å². The molecule has 16 nitrogen and oxygen atoms in total. The second-order valence-electron chi connectivity index (χ2n) is 17.7. The fourth-order valence-corrected chi connectivity index (χ4v) is 9.72. The third-order valence-electron chi connectivity index (χ3n) is 13.2. The Kier molecular flexibility index (Phi) is 13.6. The number of aliphatic hydroxyl groups is 2. The summed E-state index contributed by atoms with van der Waals surface area (Å²) in [6.07, 6.45) is 5.36. The van der Waals surface area contributed by atoms with Gasteiger partial charge in [-0.25, -0.2) is 4.98 Å². The summed E-state index contributed by atoms with van der Waals surface area (Å²) >= 11 is 2.42. The van der Waals surface area contributed by atoms with Crippen LogP contribution in [0.4, 0.5) is 11.4 Å². The summed E-state index contributed by atoms with van der Waals surface area (Å²) in [6.45, 7) is 14.0. The summed E-state index contributed by atoms with van der Waals surface area (Å²) in [5.74, 6) is -7.78. The lowest BCUT2D eigenvalue weighted by atomic mass is 9.78. The van der Waals surface area contributed by atoms with Crippen molar-refractivity contribution < 1.29 is 58.2 Å². The number of esters is 1. The number of aliphatic hydroxyl groups excluding tert-OH is 2. The van der Waals surface area contributed by atoms with Crippen LogP contribution in [0.2, 0.25) is 0 Å². The molecule has 17 heteroatoms. The molecule has 348 valence electrons. The highest BCUT2D eigenvalue weighted by molar-refractivity contribution is 14.1. The molecule has 4 bridgehead atoms. The van der Waals surface area contributed by atoms with E-state index in [9.17, 15) is 39.6 Å². The first-order chi connectivity index (χ1) is 30.7. The number of nitrogens with one attached hydrogen (secondary N) is 1. The van der Waals surface area contributed by atoms with E-state index in [-0.39, 0.29) is 67.2 Å². The average molecular weight is 1010 g/mol. The van der Waals surface area contributed by atoms with Crippen LogP contribution >= 0.6 is 22.6 Å². The minimum atomic E-state index is -2.07. The van der Waals surface area contributed by atoms with Crippen molar-refractivity contribution in [2.24, 2.45) is 23.7 Å². The number of phenols is 2. The Morgan fingerprint density at radius 3 is 2.34 bits per heavy atom. The zero-order valence-electron chi connectivity index (χ0n) is 37.8. The smallest absolute Gasteiger partial charge is 0.312 e. The molecule has 0 spiro atoms. The molecule has 5 N–H and O–H groups in total. The van der Waals surface area contributed by atoms with Crippen LogP contribution < -0.4 is 20.4 Å². The van der Waals surface area contributed by atoms with E-state index in [4.69, 9.17) is 28.3 Å². The van der Waals surface area contributed by atoms with E-state index in [1.807, 2.05) is 0 Å². The van der Waals surface area contributed by atoms with Gasteiger partial charge in [-0.2, -0.15) is 0 Å². The van der Waals surface area contributed by atoms with Gasteiger partial charge in [0.1, 0.15) is 40.3 Å². The molecule has 9 atom stereocenters. The van der Waals surface area contributed by atoms with Gasteiger partial charge in [-0.3, -0.25) is 19.2 Å². The highest BCUT2D eigenvalue weighted by Crippen LogP contribution is 2.51. The average Bonchev–Trinajstić information content (AvgIpc) is 3.54. The number of ether oxygens (including phenoxy) is 4. The minimum Gasteiger partial charge on any atom is -0.507 e. The number of ketones is 1. The number of phenolic OH excluding ortho intramolecular Hbond substituents is 2. The fourth-order valence-electron chi connectivity index (χ4n) is 9.16. The standard InChI is InChI=1S/C48H56IN3O13/c1-21-11-10-12-22(2)47(60)51-38-42(58)34-33(37-45(38)64-32-20-29(19-30(54)36(32)50-37)52-16-13-28(49)14-17-52)35-44(26(6)41(34)57)65-48(8,46(35)59)62-18-15-31(61-9)23(3)43(63-27(7)53)25(5)40(56)24(4)39(21)55/h10-12,15,18-21,23-25,28,31,39-40,43,54-57H,13-14,16-17H2,1-9H3,(H,51,60)/b11-10+,18-15+,22-12-/t21-,23+,24+,25+,31-,39-,40+,43+,48-/m0/s1. The van der Waals surface area contributed by atoms with Gasteiger partial charge in [-0.1, -0.05) is 68.5 Å². The lowest BCUT2D eigenvalue weighted by Crippen LogP contribution is -2.46. The number of amides is 1. The van der Waals surface area contributed by atoms with Gasteiger partial charge in [0, 0.05) is 96.0 Å². The first-order valence-electron chi connectivity index (χ1n) is 21.7. The first-order valence-corrected chi connectivity index (χ1v) is 23.0. The highest BCUT2D eigenvalue weighted by Gasteiger charge is 2.50. The molecule has 0 radical (unpaired) electrons. The van der Waals surface area contributed by atoms with Gasteiger partial charge in [-0.05, 0) is 32.8 Å². The molecule has 1 saturated heterocycles. The maximum atomic E-state index is 14.8. The van der Waals surface area contributed by atoms with Crippen molar-refractivity contribution in [1.82, 2.24) is 4.98 Å². The number of aromatic hydroxyl groups is 2. The van der Waals surface area contributed by atoms with Gasteiger partial charge in [0.25, 0.3) is 11.7 Å². The number of rotatable bonds is 3. The number of aromatic nitrogens is 1. The Morgan fingerprint density at radius 2 is 1.68 bits per heavy atom. The zero-order chi connectivity index (χ0) is 47.4. The number of fused-ring (bicyclic) bond motifs is 2. The maximum absolute atomic E-state index is 14.8. The van der Waals surface area contributed by atoms with Gasteiger partial charge in [0.05, 0.1) is 35.5 Å². The number of nitrogens with zero attached hydrogens (tertiary/aromatic N) is 2. The van der Waals surface area contributed by atoms with E-state index in [0.717, 1.165) is 25.9 Å². The van der Waals surface area contributed by atoms with E-state index in [1.54, 1.807) is 52.0 Å². The number of hydrogen-bond acceptors (Lipinski definition) is 15. The van der Waals surface area contributed by atoms with E-state index in [2.05, 4.69) is 32.8 Å². The van der Waals surface area contributed by atoms with Gasteiger partial charge >= 0.3 is 11.8 Å². The first kappa shape index (κ1) is 47.7. The summed E-state index contributed by atoms with van der Waals surface area (Å²) in [6, 6.07) is 3.27. The van der Waals surface area contributed by atoms with E-state index in [1.165, 1.54) is 53.2 Å². The second-order valence-corrected chi connectivity index (χ2v) is 19.5. The predicted molar refractivity (Wildman–Crippen MR) is 252 cm³/mol. The zero-order valence-corrected chi connectivity index (χ0v) is 40.0. The van der Waals surface area contributed by atoms with Crippen molar-refractivity contribution in [3.05, 3.63) is 69.6 Å². The van der Waals surface area contributed by atoms with Crippen LogP contribution in [0.3, 0.4) is 0 Å². The van der Waals surface area contributed by atoms with E-state index in [0.29, 0.717) is 9.61 Å². The molecule has 0 unspecified atom stereocenters. The van der Waals surface area contributed by atoms with Crippen LogP contribution in [0, 0.1) is 30.6 Å². The number of Topliss-reactive ketones (excluding diaryl/α,β-unsaturated/α-hetero) is 1. The van der Waals surface area contributed by atoms with Crippen molar-refractivity contribution in [2.75, 3.05) is 30.4 Å². The van der Waals surface area contributed by atoms with Crippen LogP contribution in [-0.4, -0.2) is 97.4 Å². The Bertz CT molecular complexity index is 2670. The summed E-state index contributed by atoms with van der Waals surface area (Å²) in [5.41, 5.74) is -0.604. The number of allylic oxidation sites excluding steroid dienone is 2. The number of anilines is 2. The minimum absolute atomic E-state index is 0.00186. The van der Waals surface area contributed by atoms with E-state index >= 15 is 0 Å². The van der Waals surface area contributed by atoms with Crippen LogP contribution in [0.5, 0.6) is 17.2 Å². The van der Waals surface area contributed by atoms with Gasteiger partial charge in [-0.15, -0.1) is 0 Å². The normalized spacial score (nSPS) is 30.2. The molecule has 5 aliphatic rings. The summed E-state index contributed by atoms with van der Waals surface area (Å²) in [7, 11) is 1.44. The summed E-state index contributed by atoms with van der Waals surface area (Å²) < 4.78 is 30.9. The Labute approximate surface area is 389 Å². The van der Waals surface area contributed by atoms with Crippen LogP contribution in [0.1, 0.15) is 77.2 Å². The van der Waals surface area contributed by atoms with Crippen molar-refractivity contribution in [3.8, 4) is 28.7 Å². The molecule has 2 aromatic rings. The van der Waals surface area contributed by atoms with Crippen LogP contribution in [-0.2, 0) is 23.8 Å². The number of halogens is 1. The summed E-state index contributed by atoms with van der Waals surface area (Å²) in [5, 5.41) is 48.5. The van der Waals surface area contributed by atoms with Gasteiger partial charge in [0.2, 0.25) is 5.43 Å². The number of carbonyl (C=O) groups excluding carboxylic acids is 3. The number of carbonyl (C=O) groups is 3. The lowest BCUT2D eigenvalue weighted by molar-refractivity contribution is -0.160. The molecule has 65 heavy (non-hydrogen) atoms. The third-order valence-corrected chi connectivity index (χ3v) is 14.4. The number of hydrogen-bond donors (Lipinski definition) is 5. The Balaban J connectivity index is 1.45. The second kappa shape index (κ2) is 18.6. The topological polar surface area (TPSA) is 227 Å². The van der Waals surface area contributed by atoms with Gasteiger partial charge in [0.15, 0.2) is 11.3 Å². The fraction of sp³-hybridized carbons (Fsp3) is 0.479.